The van der Waals surface area contributed by atoms with Gasteiger partial charge in [-0.1, -0.05) is 99.0 Å². The Morgan fingerprint density at radius 1 is 0.769 bits per heavy atom. The molecule has 3 aromatic heterocycles. The highest BCUT2D eigenvalue weighted by Crippen LogP contribution is 2.48. The van der Waals surface area contributed by atoms with E-state index >= 15 is 0 Å². The number of hydrogen-bond acceptors (Lipinski definition) is 8. The minimum atomic E-state index is -1.21. The van der Waals surface area contributed by atoms with Crippen molar-refractivity contribution in [3.05, 3.63) is 80.4 Å². The van der Waals surface area contributed by atoms with Gasteiger partial charge in [0.25, 0.3) is 0 Å². The van der Waals surface area contributed by atoms with Crippen molar-refractivity contribution < 1.29 is 28.7 Å². The van der Waals surface area contributed by atoms with E-state index in [4.69, 9.17) is 19.4 Å². The van der Waals surface area contributed by atoms with Gasteiger partial charge in [0.2, 0.25) is 0 Å². The van der Waals surface area contributed by atoms with Gasteiger partial charge >= 0.3 is 11.9 Å². The van der Waals surface area contributed by atoms with Crippen molar-refractivity contribution in [1.82, 2.24) is 19.9 Å². The predicted octanol–water partition coefficient (Wildman–Crippen LogP) is 13.5. The van der Waals surface area contributed by atoms with Crippen LogP contribution in [0.4, 0.5) is 0 Å². The second-order valence-electron chi connectivity index (χ2n) is 20.3. The standard InChI is InChI=1S/C55H76N4O6/c1-13-39-34(7)41-29-46-48(38(11)60)36(9)43(57-46)27-42-35(8)40(52(58-42)50-51(55(63)64-12)54(62)49-37(10)44(59-53(49)50)28-45(39)56-41)23-24-47(61)65-26-25-33(6)22-16-21-32(5)20-15-19-31(4)18-14-17-30(2)3/h25,27-32,34-35,39-40,51,57,59H,13-24,26H2,1-12H3/b33-25+,41-29?,42-27?,43-27?,44-28?,45-28?,46-29?,52-50?/t31-,32-,34-,35+,39-,40+,51?/m1/s1. The van der Waals surface area contributed by atoms with Crippen molar-refractivity contribution >= 4 is 45.6 Å². The number of nitrogens with one attached hydrogen (secondary N) is 2. The molecule has 10 nitrogen and oxygen atoms in total. The average molecular weight is 889 g/mol. The maximum Gasteiger partial charge on any atom is 0.321 e. The van der Waals surface area contributed by atoms with Gasteiger partial charge in [-0.2, -0.15) is 0 Å². The molecule has 7 atom stereocenters. The number of aryl methyl sites for hydroxylation is 2. The first-order valence-electron chi connectivity index (χ1n) is 24.7. The molecule has 0 spiro atoms. The second-order valence-corrected chi connectivity index (χ2v) is 20.3. The van der Waals surface area contributed by atoms with Crippen LogP contribution in [0.3, 0.4) is 0 Å². The molecule has 0 aromatic carbocycles. The lowest BCUT2D eigenvalue weighted by molar-refractivity contribution is -0.143. The van der Waals surface area contributed by atoms with Gasteiger partial charge < -0.3 is 19.4 Å². The summed E-state index contributed by atoms with van der Waals surface area (Å²) in [6.07, 6.45) is 14.6. The van der Waals surface area contributed by atoms with Crippen LogP contribution in [0.5, 0.6) is 0 Å². The Bertz CT molecular complexity index is 2450. The molecule has 352 valence electrons. The summed E-state index contributed by atoms with van der Waals surface area (Å²) in [5.41, 5.74) is 10.1. The summed E-state index contributed by atoms with van der Waals surface area (Å²) < 4.78 is 11.1. The Balaban J connectivity index is 1.25. The maximum atomic E-state index is 14.4. The van der Waals surface area contributed by atoms with Gasteiger partial charge in [-0.3, -0.25) is 29.1 Å². The van der Waals surface area contributed by atoms with Gasteiger partial charge in [0.1, 0.15) is 12.5 Å². The number of ketones is 2. The molecule has 10 heteroatoms. The zero-order chi connectivity index (χ0) is 47.3. The number of carbonyl (C=O) groups is 4. The number of carbonyl (C=O) groups excluding carboxylic acids is 4. The molecule has 0 radical (unpaired) electrons. The van der Waals surface area contributed by atoms with Crippen molar-refractivity contribution in [1.29, 1.82) is 0 Å². The van der Waals surface area contributed by atoms with E-state index in [1.54, 1.807) is 6.92 Å². The van der Waals surface area contributed by atoms with Gasteiger partial charge in [0.15, 0.2) is 11.6 Å². The van der Waals surface area contributed by atoms with E-state index in [1.807, 2.05) is 38.1 Å². The third-order valence-corrected chi connectivity index (χ3v) is 14.9. The van der Waals surface area contributed by atoms with E-state index in [2.05, 4.69) is 65.4 Å². The van der Waals surface area contributed by atoms with Gasteiger partial charge in [-0.05, 0) is 107 Å². The van der Waals surface area contributed by atoms with Crippen molar-refractivity contribution in [2.24, 2.45) is 17.8 Å². The zero-order valence-electron chi connectivity index (χ0n) is 41.5. The van der Waals surface area contributed by atoms with E-state index < -0.39 is 11.9 Å². The third-order valence-electron chi connectivity index (χ3n) is 14.9. The number of Topliss-reactive ketones (excluding diaryl/α,β-unsaturated/α-hetero) is 2. The van der Waals surface area contributed by atoms with E-state index in [-0.39, 0.29) is 54.2 Å². The molecule has 5 heterocycles. The molecular weight excluding hydrogens is 813 g/mol. The predicted molar refractivity (Wildman–Crippen MR) is 261 cm³/mol. The van der Waals surface area contributed by atoms with Gasteiger partial charge in [-0.15, -0.1) is 0 Å². The van der Waals surface area contributed by atoms with Gasteiger partial charge in [0.05, 0.1) is 23.8 Å². The molecule has 1 aliphatic carbocycles. The first kappa shape index (κ1) is 49.6. The Kier molecular flexibility index (Phi) is 16.5. The fourth-order valence-electron chi connectivity index (χ4n) is 10.8. The topological polar surface area (TPSA) is 144 Å². The molecule has 2 N–H and O–H groups in total. The SMILES string of the molecule is CC[C@H]1c2cc3[nH]c4c(c3C)C(=O)C(C(=O)OC)c4c3nc(cc4[nH]c(cc(n2)[C@@H]1C)c(C(C)=O)c4C)[C@@H](C)[C@@H]3CCC(=O)OC/C=C(\C)CCC[C@H](C)CCC[C@H](C)CCCC(C)C. The quantitative estimate of drug-likeness (QED) is 0.0494. The summed E-state index contributed by atoms with van der Waals surface area (Å²) in [4.78, 5) is 72.1. The Hall–Kier alpha value is -4.86. The first-order chi connectivity index (χ1) is 30.9. The number of esters is 2. The van der Waals surface area contributed by atoms with Crippen LogP contribution in [-0.2, 0) is 19.1 Å². The number of ether oxygens (including phenoxy) is 2. The van der Waals surface area contributed by atoms with Gasteiger partial charge in [-0.25, -0.2) is 0 Å². The largest absolute Gasteiger partial charge is 0.468 e. The third kappa shape index (κ3) is 11.1. The van der Waals surface area contributed by atoms with Crippen molar-refractivity contribution in [2.45, 2.75) is 183 Å². The van der Waals surface area contributed by atoms with Crippen molar-refractivity contribution in [2.75, 3.05) is 13.7 Å². The summed E-state index contributed by atoms with van der Waals surface area (Å²) in [6.45, 7) is 23.5. The molecule has 0 amide bonds. The van der Waals surface area contributed by atoms with Crippen LogP contribution in [0.25, 0.3) is 22.1 Å². The fourth-order valence-corrected chi connectivity index (χ4v) is 10.8. The Labute approximate surface area is 387 Å². The van der Waals surface area contributed by atoms with Crippen LogP contribution >= 0.6 is 0 Å². The Morgan fingerprint density at radius 2 is 1.37 bits per heavy atom. The van der Waals surface area contributed by atoms with Crippen LogP contribution in [-0.4, -0.2) is 57.2 Å². The molecule has 0 fully saturated rings. The number of nitrogens with zero attached hydrogens (tertiary/aromatic N) is 2. The number of methoxy groups -OCH3 is 1. The zero-order valence-corrected chi connectivity index (χ0v) is 41.5. The van der Waals surface area contributed by atoms with Crippen molar-refractivity contribution in [3.63, 3.8) is 0 Å². The first-order valence-corrected chi connectivity index (χ1v) is 24.7. The maximum absolute atomic E-state index is 14.4. The molecule has 0 saturated carbocycles. The number of hydrogen-bond donors (Lipinski definition) is 2. The molecule has 3 aliphatic rings. The molecule has 65 heavy (non-hydrogen) atoms. The Morgan fingerprint density at radius 3 is 2.02 bits per heavy atom. The molecule has 6 rings (SSSR count). The van der Waals surface area contributed by atoms with Gasteiger partial charge in [0, 0.05) is 74.9 Å². The minimum Gasteiger partial charge on any atom is -0.468 e. The summed E-state index contributed by atoms with van der Waals surface area (Å²) in [7, 11) is 1.30. The second kappa shape index (κ2) is 21.6. The number of aromatic amines is 2. The molecule has 3 aromatic rings. The molecule has 2 aliphatic heterocycles. The highest BCUT2D eigenvalue weighted by Gasteiger charge is 2.45. The lowest BCUT2D eigenvalue weighted by Crippen LogP contribution is -2.21. The molecule has 0 saturated heterocycles. The number of rotatable bonds is 20. The normalized spacial score (nSPS) is 20.4. The van der Waals surface area contributed by atoms with E-state index in [1.165, 1.54) is 57.6 Å². The highest BCUT2D eigenvalue weighted by atomic mass is 16.5. The van der Waals surface area contributed by atoms with Crippen LogP contribution < -0.4 is 0 Å². The lowest BCUT2D eigenvalue weighted by Gasteiger charge is -2.18. The van der Waals surface area contributed by atoms with E-state index in [0.717, 1.165) is 70.3 Å². The number of aromatic nitrogens is 4. The van der Waals surface area contributed by atoms with Crippen molar-refractivity contribution in [3.8, 4) is 0 Å². The summed E-state index contributed by atoms with van der Waals surface area (Å²) >= 11 is 0. The molecular formula is C55H76N4O6. The summed E-state index contributed by atoms with van der Waals surface area (Å²) in [6, 6.07) is 5.99. The monoisotopic (exact) mass is 889 g/mol. The van der Waals surface area contributed by atoms with Crippen LogP contribution in [0.1, 0.15) is 229 Å². The fraction of sp³-hybridized carbons (Fsp3) is 0.600. The smallest absolute Gasteiger partial charge is 0.321 e. The number of allylic oxidation sites excluding steroid dienone is 1. The average Bonchev–Trinajstić information content (AvgIpc) is 4.00. The minimum absolute atomic E-state index is 0.0532. The molecule has 8 bridgehead atoms. The molecule has 1 unspecified atom stereocenters. The van der Waals surface area contributed by atoms with E-state index in [0.29, 0.717) is 45.8 Å². The van der Waals surface area contributed by atoms with E-state index in [9.17, 15) is 19.2 Å². The lowest BCUT2D eigenvalue weighted by atomic mass is 9.84. The summed E-state index contributed by atoms with van der Waals surface area (Å²) in [5, 5.41) is 0. The number of fused-ring (bicyclic) bond motifs is 8. The number of H-pyrrole nitrogens is 2. The van der Waals surface area contributed by atoms with Crippen LogP contribution in [0.2, 0.25) is 0 Å². The van der Waals surface area contributed by atoms with Crippen LogP contribution in [0, 0.1) is 31.6 Å². The highest BCUT2D eigenvalue weighted by molar-refractivity contribution is 6.23. The van der Waals surface area contributed by atoms with Crippen LogP contribution in [0.15, 0.2) is 29.8 Å². The summed E-state index contributed by atoms with van der Waals surface area (Å²) in [5.74, 6) is -0.573.